The van der Waals surface area contributed by atoms with Gasteiger partial charge in [0.05, 0.1) is 15.6 Å². The van der Waals surface area contributed by atoms with Crippen LogP contribution in [0, 0.1) is 0 Å². The predicted molar refractivity (Wildman–Crippen MR) is 110 cm³/mol. The molecule has 0 bridgehead atoms. The molecular weight excluding hydrogens is 432 g/mol. The summed E-state index contributed by atoms with van der Waals surface area (Å²) in [4.78, 5) is 28.5. The van der Waals surface area contributed by atoms with Crippen molar-refractivity contribution in [3.05, 3.63) is 65.1 Å². The number of amides is 1. The number of nitrogens with one attached hydrogen (secondary N) is 1. The van der Waals surface area contributed by atoms with Gasteiger partial charge in [-0.15, -0.1) is 0 Å². The van der Waals surface area contributed by atoms with Crippen LogP contribution in [0.25, 0.3) is 5.65 Å². The van der Waals surface area contributed by atoms with Gasteiger partial charge in [0.25, 0.3) is 5.91 Å². The summed E-state index contributed by atoms with van der Waals surface area (Å²) in [7, 11) is -0.876. The molecule has 3 rings (SSSR count). The molecule has 2 aromatic heterocycles. The Morgan fingerprint density at radius 3 is 2.70 bits per heavy atom. The Kier molecular flexibility index (Phi) is 6.40. The summed E-state index contributed by atoms with van der Waals surface area (Å²) in [6.45, 7) is -0.437. The maximum absolute atomic E-state index is 12.3. The number of fused-ring (bicyclic) bond motifs is 1. The third-order valence-corrected chi connectivity index (χ3v) is 6.15. The first kappa shape index (κ1) is 21.8. The molecule has 1 aromatic carbocycles. The highest BCUT2D eigenvalue weighted by atomic mass is 35.5. The maximum Gasteiger partial charge on any atom is 0.325 e. The molecule has 2 heterocycles. The van der Waals surface area contributed by atoms with Crippen LogP contribution in [0.2, 0.25) is 5.02 Å². The molecule has 0 saturated heterocycles. The zero-order valence-electron chi connectivity index (χ0n) is 16.2. The molecule has 0 unspecified atom stereocenters. The standard InChI is InChI=1S/C19H19ClN4O5S/c1-23(2)30(27,28)16-5-3-4-13(8-16)19(26)21-9-18(25)29-12-15-11-24-10-14(20)6-7-17(24)22-15/h3-8,10-11H,9,12H2,1-2H3,(H,21,26). The molecule has 1 N–H and O–H groups in total. The van der Waals surface area contributed by atoms with E-state index >= 15 is 0 Å². The lowest BCUT2D eigenvalue weighted by atomic mass is 10.2. The number of carbonyl (C=O) groups is 2. The second-order valence-electron chi connectivity index (χ2n) is 6.50. The van der Waals surface area contributed by atoms with Gasteiger partial charge >= 0.3 is 5.97 Å². The van der Waals surface area contributed by atoms with Gasteiger partial charge in [0, 0.05) is 32.1 Å². The fourth-order valence-electron chi connectivity index (χ4n) is 2.56. The number of carbonyl (C=O) groups excluding carboxylic acids is 2. The molecule has 0 aliphatic carbocycles. The topological polar surface area (TPSA) is 110 Å². The molecular formula is C19H19ClN4O5S. The van der Waals surface area contributed by atoms with Crippen LogP contribution < -0.4 is 5.32 Å². The molecule has 0 radical (unpaired) electrons. The normalized spacial score (nSPS) is 11.6. The minimum atomic E-state index is -3.67. The molecule has 0 aliphatic heterocycles. The SMILES string of the molecule is CN(C)S(=O)(=O)c1cccc(C(=O)NCC(=O)OCc2cn3cc(Cl)ccc3n2)c1. The van der Waals surface area contributed by atoms with Gasteiger partial charge in [0.2, 0.25) is 10.0 Å². The van der Waals surface area contributed by atoms with E-state index in [4.69, 9.17) is 16.3 Å². The van der Waals surface area contributed by atoms with E-state index in [2.05, 4.69) is 10.3 Å². The lowest BCUT2D eigenvalue weighted by molar-refractivity contribution is -0.143. The van der Waals surface area contributed by atoms with Gasteiger partial charge < -0.3 is 14.5 Å². The molecule has 158 valence electrons. The van der Waals surface area contributed by atoms with Crippen molar-refractivity contribution >= 4 is 39.1 Å². The van der Waals surface area contributed by atoms with Crippen molar-refractivity contribution in [2.24, 2.45) is 0 Å². The Morgan fingerprint density at radius 2 is 1.97 bits per heavy atom. The van der Waals surface area contributed by atoms with Crippen LogP contribution in [0.4, 0.5) is 0 Å². The quantitative estimate of drug-likeness (QED) is 0.549. The number of sulfonamides is 1. The number of esters is 1. The monoisotopic (exact) mass is 450 g/mol. The number of hydrogen-bond acceptors (Lipinski definition) is 6. The largest absolute Gasteiger partial charge is 0.458 e. The van der Waals surface area contributed by atoms with Gasteiger partial charge in [0.15, 0.2) is 0 Å². The van der Waals surface area contributed by atoms with Crippen molar-refractivity contribution in [1.82, 2.24) is 19.0 Å². The van der Waals surface area contributed by atoms with Crippen LogP contribution in [-0.2, 0) is 26.2 Å². The number of nitrogens with zero attached hydrogens (tertiary/aromatic N) is 3. The Labute approximate surface area is 178 Å². The fourth-order valence-corrected chi connectivity index (χ4v) is 3.67. The molecule has 0 fully saturated rings. The van der Waals surface area contributed by atoms with Crippen molar-refractivity contribution in [3.63, 3.8) is 0 Å². The van der Waals surface area contributed by atoms with Crippen molar-refractivity contribution in [2.75, 3.05) is 20.6 Å². The third kappa shape index (κ3) is 4.96. The molecule has 1 amide bonds. The van der Waals surface area contributed by atoms with Crippen LogP contribution in [0.5, 0.6) is 0 Å². The van der Waals surface area contributed by atoms with Gasteiger partial charge in [-0.3, -0.25) is 9.59 Å². The number of hydrogen-bond donors (Lipinski definition) is 1. The van der Waals surface area contributed by atoms with Crippen LogP contribution in [0.1, 0.15) is 16.1 Å². The van der Waals surface area contributed by atoms with Gasteiger partial charge in [-0.2, -0.15) is 0 Å². The molecule has 11 heteroatoms. The smallest absolute Gasteiger partial charge is 0.325 e. The molecule has 0 aliphatic rings. The number of ether oxygens (including phenoxy) is 1. The zero-order valence-corrected chi connectivity index (χ0v) is 17.8. The summed E-state index contributed by atoms with van der Waals surface area (Å²) < 4.78 is 32.2. The summed E-state index contributed by atoms with van der Waals surface area (Å²) >= 11 is 5.92. The van der Waals surface area contributed by atoms with Crippen molar-refractivity contribution in [1.29, 1.82) is 0 Å². The van der Waals surface area contributed by atoms with Crippen LogP contribution in [-0.4, -0.2) is 54.6 Å². The van der Waals surface area contributed by atoms with E-state index in [9.17, 15) is 18.0 Å². The van der Waals surface area contributed by atoms with Crippen LogP contribution in [0.3, 0.4) is 0 Å². The average Bonchev–Trinajstić information content (AvgIpc) is 3.12. The minimum Gasteiger partial charge on any atom is -0.458 e. The highest BCUT2D eigenvalue weighted by Crippen LogP contribution is 2.15. The van der Waals surface area contributed by atoms with Crippen LogP contribution >= 0.6 is 11.6 Å². The van der Waals surface area contributed by atoms with Gasteiger partial charge in [-0.25, -0.2) is 17.7 Å². The van der Waals surface area contributed by atoms with E-state index in [0.717, 1.165) is 4.31 Å². The zero-order chi connectivity index (χ0) is 21.9. The Hall–Kier alpha value is -2.95. The lowest BCUT2D eigenvalue weighted by Gasteiger charge is -2.12. The fraction of sp³-hybridized carbons (Fsp3) is 0.211. The summed E-state index contributed by atoms with van der Waals surface area (Å²) in [6, 6.07) is 8.99. The lowest BCUT2D eigenvalue weighted by Crippen LogP contribution is -2.31. The first-order chi connectivity index (χ1) is 14.2. The number of aromatic nitrogens is 2. The minimum absolute atomic E-state index is 0.0188. The number of halogens is 1. The Morgan fingerprint density at radius 1 is 1.20 bits per heavy atom. The molecule has 0 saturated carbocycles. The van der Waals surface area contributed by atoms with E-state index in [-0.39, 0.29) is 23.6 Å². The third-order valence-electron chi connectivity index (χ3n) is 4.11. The second-order valence-corrected chi connectivity index (χ2v) is 9.09. The number of benzene rings is 1. The van der Waals surface area contributed by atoms with E-state index in [1.807, 2.05) is 0 Å². The first-order valence-electron chi connectivity index (χ1n) is 8.76. The highest BCUT2D eigenvalue weighted by Gasteiger charge is 2.19. The van der Waals surface area contributed by atoms with E-state index in [1.165, 1.54) is 38.4 Å². The van der Waals surface area contributed by atoms with Gasteiger partial charge in [-0.05, 0) is 30.3 Å². The van der Waals surface area contributed by atoms with Crippen LogP contribution in [0.15, 0.2) is 53.7 Å². The molecule has 30 heavy (non-hydrogen) atoms. The van der Waals surface area contributed by atoms with Gasteiger partial charge in [-0.1, -0.05) is 17.7 Å². The number of rotatable bonds is 7. The number of pyridine rings is 1. The molecule has 0 atom stereocenters. The first-order valence-corrected chi connectivity index (χ1v) is 10.6. The number of imidazole rings is 1. The van der Waals surface area contributed by atoms with E-state index in [1.54, 1.807) is 28.9 Å². The summed E-state index contributed by atoms with van der Waals surface area (Å²) in [5.74, 6) is -1.25. The van der Waals surface area contributed by atoms with Crippen molar-refractivity contribution < 1.29 is 22.7 Å². The van der Waals surface area contributed by atoms with E-state index < -0.39 is 21.9 Å². The van der Waals surface area contributed by atoms with E-state index in [0.29, 0.717) is 16.4 Å². The summed E-state index contributed by atoms with van der Waals surface area (Å²) in [6.07, 6.45) is 3.36. The molecule has 9 nitrogen and oxygen atoms in total. The summed E-state index contributed by atoms with van der Waals surface area (Å²) in [5.41, 5.74) is 1.30. The Balaban J connectivity index is 1.56. The maximum atomic E-state index is 12.3. The van der Waals surface area contributed by atoms with Crippen molar-refractivity contribution in [2.45, 2.75) is 11.5 Å². The van der Waals surface area contributed by atoms with Gasteiger partial charge in [0.1, 0.15) is 18.8 Å². The molecule has 3 aromatic rings. The molecule has 0 spiro atoms. The summed E-state index contributed by atoms with van der Waals surface area (Å²) in [5, 5.41) is 2.96. The highest BCUT2D eigenvalue weighted by molar-refractivity contribution is 7.89. The predicted octanol–water partition coefficient (Wildman–Crippen LogP) is 1.71. The second kappa shape index (κ2) is 8.82. The van der Waals surface area contributed by atoms with Crippen molar-refractivity contribution in [3.8, 4) is 0 Å². The Bertz CT molecular complexity index is 1210. The average molecular weight is 451 g/mol.